The number of nitrogens with zero attached hydrogens (tertiary/aromatic N) is 2. The monoisotopic (exact) mass is 504 g/mol. The van der Waals surface area contributed by atoms with E-state index in [2.05, 4.69) is 10.6 Å². The lowest BCUT2D eigenvalue weighted by Crippen LogP contribution is -2.39. The smallest absolute Gasteiger partial charge is 0.256 e. The fourth-order valence-electron chi connectivity index (χ4n) is 4.07. The minimum atomic E-state index is -0.830. The first kappa shape index (κ1) is 25.0. The Morgan fingerprint density at radius 2 is 1.53 bits per heavy atom. The number of nitrogens with one attached hydrogen (secondary N) is 2. The molecule has 36 heavy (non-hydrogen) atoms. The Bertz CT molecular complexity index is 1280. The molecule has 0 bridgehead atoms. The molecule has 0 saturated carbocycles. The largest absolute Gasteiger partial charge is 0.336 e. The zero-order chi connectivity index (χ0) is 25.7. The number of benzene rings is 3. The van der Waals surface area contributed by atoms with Crippen molar-refractivity contribution in [2.45, 2.75) is 25.8 Å². The van der Waals surface area contributed by atoms with E-state index in [9.17, 15) is 18.8 Å². The molecule has 0 aromatic heterocycles. The van der Waals surface area contributed by atoms with Crippen LogP contribution in [0.3, 0.4) is 0 Å². The molecule has 1 atom stereocenters. The van der Waals surface area contributed by atoms with E-state index in [1.54, 1.807) is 71.6 Å². The standard InChI is InChI=1S/C27H25FN4O3S/c1-18(33)29-20-11-13-21(14-12-20)30-25(34)17-24-26(35)32(22-8-3-2-4-9-22)27(36)31(24)16-15-19-7-5-6-10-23(19)28/h2-14,24H,15-17H2,1H3,(H,29,33)(H,30,34)/t24-/m1/s1. The van der Waals surface area contributed by atoms with Crippen LogP contribution in [0.1, 0.15) is 18.9 Å². The fourth-order valence-corrected chi connectivity index (χ4v) is 4.49. The van der Waals surface area contributed by atoms with Gasteiger partial charge in [0.15, 0.2) is 5.11 Å². The summed E-state index contributed by atoms with van der Waals surface area (Å²) >= 11 is 5.65. The summed E-state index contributed by atoms with van der Waals surface area (Å²) in [6.45, 7) is 1.69. The maximum Gasteiger partial charge on any atom is 0.256 e. The highest BCUT2D eigenvalue weighted by Crippen LogP contribution is 2.28. The predicted molar refractivity (Wildman–Crippen MR) is 141 cm³/mol. The number of carbonyl (C=O) groups is 3. The summed E-state index contributed by atoms with van der Waals surface area (Å²) < 4.78 is 14.2. The number of hydrogen-bond acceptors (Lipinski definition) is 4. The second-order valence-electron chi connectivity index (χ2n) is 8.35. The van der Waals surface area contributed by atoms with Gasteiger partial charge in [0, 0.05) is 24.8 Å². The van der Waals surface area contributed by atoms with Crippen LogP contribution in [0, 0.1) is 5.82 Å². The maximum absolute atomic E-state index is 14.2. The van der Waals surface area contributed by atoms with Gasteiger partial charge >= 0.3 is 0 Å². The number of amides is 3. The van der Waals surface area contributed by atoms with Gasteiger partial charge in [-0.15, -0.1) is 0 Å². The molecule has 4 rings (SSSR count). The van der Waals surface area contributed by atoms with Gasteiger partial charge in [0.1, 0.15) is 11.9 Å². The Kier molecular flexibility index (Phi) is 7.70. The third-order valence-electron chi connectivity index (χ3n) is 5.78. The van der Waals surface area contributed by atoms with Gasteiger partial charge in [-0.2, -0.15) is 0 Å². The normalized spacial score (nSPS) is 15.2. The zero-order valence-electron chi connectivity index (χ0n) is 19.6. The Morgan fingerprint density at radius 3 is 2.17 bits per heavy atom. The molecule has 1 fully saturated rings. The van der Waals surface area contributed by atoms with E-state index < -0.39 is 6.04 Å². The van der Waals surface area contributed by atoms with Crippen molar-refractivity contribution in [3.63, 3.8) is 0 Å². The average molecular weight is 505 g/mol. The summed E-state index contributed by atoms with van der Waals surface area (Å²) in [6.07, 6.45) is 0.193. The summed E-state index contributed by atoms with van der Waals surface area (Å²) in [7, 11) is 0. The molecule has 3 aromatic carbocycles. The van der Waals surface area contributed by atoms with E-state index >= 15 is 0 Å². The molecule has 7 nitrogen and oxygen atoms in total. The second kappa shape index (κ2) is 11.1. The van der Waals surface area contributed by atoms with Crippen LogP contribution in [-0.4, -0.2) is 40.3 Å². The van der Waals surface area contributed by atoms with Crippen LogP contribution in [0.5, 0.6) is 0 Å². The highest BCUT2D eigenvalue weighted by atomic mass is 32.1. The van der Waals surface area contributed by atoms with Gasteiger partial charge in [0.2, 0.25) is 11.8 Å². The van der Waals surface area contributed by atoms with Crippen LogP contribution < -0.4 is 15.5 Å². The Hall–Kier alpha value is -4.11. The number of hydrogen-bond donors (Lipinski definition) is 2. The van der Waals surface area contributed by atoms with Crippen LogP contribution in [0.2, 0.25) is 0 Å². The van der Waals surface area contributed by atoms with Crippen LogP contribution in [0.4, 0.5) is 21.5 Å². The highest BCUT2D eigenvalue weighted by molar-refractivity contribution is 7.80. The van der Waals surface area contributed by atoms with Gasteiger partial charge in [0.25, 0.3) is 5.91 Å². The third kappa shape index (κ3) is 5.75. The Morgan fingerprint density at radius 1 is 0.917 bits per heavy atom. The summed E-state index contributed by atoms with van der Waals surface area (Å²) in [5.41, 5.74) is 2.25. The van der Waals surface area contributed by atoms with Gasteiger partial charge in [-0.05, 0) is 66.7 Å². The van der Waals surface area contributed by atoms with E-state index in [1.807, 2.05) is 6.07 Å². The van der Waals surface area contributed by atoms with E-state index in [0.717, 1.165) is 0 Å². The minimum absolute atomic E-state index is 0.132. The van der Waals surface area contributed by atoms with Crippen molar-refractivity contribution < 1.29 is 18.8 Å². The molecular weight excluding hydrogens is 479 g/mol. The van der Waals surface area contributed by atoms with Crippen LogP contribution in [0.15, 0.2) is 78.9 Å². The van der Waals surface area contributed by atoms with E-state index in [0.29, 0.717) is 29.0 Å². The summed E-state index contributed by atoms with van der Waals surface area (Å²) in [5, 5.41) is 5.73. The minimum Gasteiger partial charge on any atom is -0.336 e. The van der Waals surface area contributed by atoms with E-state index in [-0.39, 0.29) is 41.6 Å². The van der Waals surface area contributed by atoms with Crippen molar-refractivity contribution in [3.05, 3.63) is 90.2 Å². The van der Waals surface area contributed by atoms with E-state index in [4.69, 9.17) is 12.2 Å². The van der Waals surface area contributed by atoms with Gasteiger partial charge in [0.05, 0.1) is 12.1 Å². The topological polar surface area (TPSA) is 81.8 Å². The van der Waals surface area contributed by atoms with E-state index in [1.165, 1.54) is 17.9 Å². The molecule has 9 heteroatoms. The number of para-hydroxylation sites is 1. The number of anilines is 3. The molecule has 0 unspecified atom stereocenters. The maximum atomic E-state index is 14.2. The van der Waals surface area contributed by atoms with Gasteiger partial charge in [-0.1, -0.05) is 36.4 Å². The highest BCUT2D eigenvalue weighted by Gasteiger charge is 2.43. The SMILES string of the molecule is CC(=O)Nc1ccc(NC(=O)C[C@@H]2C(=O)N(c3ccccc3)C(=S)N2CCc2ccccc2F)cc1. The fraction of sp³-hybridized carbons (Fsp3) is 0.185. The second-order valence-corrected chi connectivity index (χ2v) is 8.72. The lowest BCUT2D eigenvalue weighted by molar-refractivity contribution is -0.124. The number of thiocarbonyl (C=S) groups is 1. The van der Waals surface area contributed by atoms with Crippen LogP contribution >= 0.6 is 12.2 Å². The molecule has 1 heterocycles. The lowest BCUT2D eigenvalue weighted by Gasteiger charge is -2.24. The average Bonchev–Trinajstić information content (AvgIpc) is 3.08. The molecule has 1 aliphatic heterocycles. The molecule has 3 aromatic rings. The van der Waals surface area contributed by atoms with Crippen molar-refractivity contribution in [3.8, 4) is 0 Å². The van der Waals surface area contributed by atoms with Crippen molar-refractivity contribution in [1.82, 2.24) is 4.90 Å². The molecule has 3 amide bonds. The Balaban J connectivity index is 1.51. The summed E-state index contributed by atoms with van der Waals surface area (Å²) in [5.74, 6) is -1.20. The van der Waals surface area contributed by atoms with Crippen LogP contribution in [-0.2, 0) is 20.8 Å². The van der Waals surface area contributed by atoms with Crippen LogP contribution in [0.25, 0.3) is 0 Å². The zero-order valence-corrected chi connectivity index (χ0v) is 20.4. The predicted octanol–water partition coefficient (Wildman–Crippen LogP) is 4.36. The molecule has 1 saturated heterocycles. The van der Waals surface area contributed by atoms with Gasteiger partial charge < -0.3 is 15.5 Å². The quantitative estimate of drug-likeness (QED) is 0.446. The Labute approximate surface area is 213 Å². The molecular formula is C27H25FN4O3S. The van der Waals surface area contributed by atoms with Crippen molar-refractivity contribution in [1.29, 1.82) is 0 Å². The molecule has 184 valence electrons. The number of halogens is 1. The molecule has 0 aliphatic carbocycles. The van der Waals surface area contributed by atoms with Crippen molar-refractivity contribution in [2.75, 3.05) is 22.1 Å². The molecule has 0 spiro atoms. The molecule has 2 N–H and O–H groups in total. The number of rotatable bonds is 8. The third-order valence-corrected chi connectivity index (χ3v) is 6.20. The molecule has 1 aliphatic rings. The summed E-state index contributed by atoms with van der Waals surface area (Å²) in [6, 6.07) is 21.3. The lowest BCUT2D eigenvalue weighted by atomic mass is 10.1. The van der Waals surface area contributed by atoms with Crippen molar-refractivity contribution in [2.24, 2.45) is 0 Å². The first-order valence-corrected chi connectivity index (χ1v) is 11.8. The van der Waals surface area contributed by atoms with Gasteiger partial charge in [-0.25, -0.2) is 4.39 Å². The van der Waals surface area contributed by atoms with Crippen molar-refractivity contribution >= 4 is 52.1 Å². The molecule has 0 radical (unpaired) electrons. The van der Waals surface area contributed by atoms with Gasteiger partial charge in [-0.3, -0.25) is 19.3 Å². The number of carbonyl (C=O) groups excluding carboxylic acids is 3. The summed E-state index contributed by atoms with van der Waals surface area (Å²) in [4.78, 5) is 40.7. The first-order chi connectivity index (χ1) is 17.3. The first-order valence-electron chi connectivity index (χ1n) is 11.4.